The minimum Gasteiger partial charge on any atom is -0.496 e. The van der Waals surface area contributed by atoms with Crippen LogP contribution in [-0.2, 0) is 31.9 Å². The van der Waals surface area contributed by atoms with Crippen LogP contribution < -0.4 is 4.74 Å². The van der Waals surface area contributed by atoms with E-state index in [1.807, 2.05) is 12.1 Å². The maximum Gasteiger partial charge on any atom is 0.303 e. The van der Waals surface area contributed by atoms with Crippen molar-refractivity contribution < 1.29 is 28.1 Å². The van der Waals surface area contributed by atoms with Crippen molar-refractivity contribution in [1.82, 2.24) is 4.90 Å². The second-order valence-electron chi connectivity index (χ2n) is 6.71. The van der Waals surface area contributed by atoms with Crippen LogP contribution in [0.25, 0.3) is 6.08 Å². The molecule has 1 atom stereocenters. The molecule has 7 nitrogen and oxygen atoms in total. The SMILES string of the molecule is COc1ccc(C=C2SC(=S)N(CCCC(=O)O)C2=O)cc1CS(=O)Cc1ccco1. The third-order valence-electron chi connectivity index (χ3n) is 4.45. The predicted octanol–water partition coefficient (Wildman–Crippen LogP) is 3.80. The fourth-order valence-electron chi connectivity index (χ4n) is 3.01. The Labute approximate surface area is 191 Å². The first-order valence-corrected chi connectivity index (χ1v) is 12.1. The zero-order valence-corrected chi connectivity index (χ0v) is 19.2. The Morgan fingerprint density at radius 1 is 1.35 bits per heavy atom. The zero-order chi connectivity index (χ0) is 22.4. The van der Waals surface area contributed by atoms with E-state index in [1.54, 1.807) is 37.6 Å². The number of rotatable bonds is 10. The summed E-state index contributed by atoms with van der Waals surface area (Å²) >= 11 is 6.46. The minimum atomic E-state index is -1.19. The first kappa shape index (κ1) is 23.2. The lowest BCUT2D eigenvalue weighted by atomic mass is 10.1. The van der Waals surface area contributed by atoms with E-state index in [2.05, 4.69) is 0 Å². The first-order chi connectivity index (χ1) is 14.9. The summed E-state index contributed by atoms with van der Waals surface area (Å²) in [6.45, 7) is 0.272. The monoisotopic (exact) mass is 479 g/mol. The normalized spacial score (nSPS) is 16.2. The van der Waals surface area contributed by atoms with Gasteiger partial charge in [-0.3, -0.25) is 18.7 Å². The van der Waals surface area contributed by atoms with Gasteiger partial charge in [0.25, 0.3) is 5.91 Å². The van der Waals surface area contributed by atoms with Gasteiger partial charge in [-0.1, -0.05) is 30.0 Å². The number of furan rings is 1. The number of carboxylic acid groups (broad SMARTS) is 1. The van der Waals surface area contributed by atoms with Crippen LogP contribution >= 0.6 is 24.0 Å². The Hall–Kier alpha value is -2.43. The van der Waals surface area contributed by atoms with Gasteiger partial charge in [0, 0.05) is 29.3 Å². The molecule has 0 spiro atoms. The Morgan fingerprint density at radius 2 is 2.16 bits per heavy atom. The summed E-state index contributed by atoms with van der Waals surface area (Å²) in [6.07, 6.45) is 3.59. The fraction of sp³-hybridized carbons (Fsp3) is 0.286. The van der Waals surface area contributed by atoms with Crippen LogP contribution in [0.4, 0.5) is 0 Å². The summed E-state index contributed by atoms with van der Waals surface area (Å²) in [4.78, 5) is 25.3. The number of amides is 1. The van der Waals surface area contributed by atoms with E-state index in [1.165, 1.54) is 16.7 Å². The summed E-state index contributed by atoms with van der Waals surface area (Å²) in [5.74, 6) is 0.707. The van der Waals surface area contributed by atoms with Crippen molar-refractivity contribution in [3.63, 3.8) is 0 Å². The van der Waals surface area contributed by atoms with Gasteiger partial charge in [0.2, 0.25) is 0 Å². The maximum absolute atomic E-state index is 12.7. The number of benzene rings is 1. The lowest BCUT2D eigenvalue weighted by Gasteiger charge is -2.13. The van der Waals surface area contributed by atoms with Crippen molar-refractivity contribution in [1.29, 1.82) is 0 Å². The van der Waals surface area contributed by atoms with E-state index in [-0.39, 0.29) is 24.6 Å². The molecule has 3 rings (SSSR count). The van der Waals surface area contributed by atoms with Crippen molar-refractivity contribution >= 4 is 57.1 Å². The van der Waals surface area contributed by atoms with Crippen LogP contribution in [0.2, 0.25) is 0 Å². The number of ether oxygens (including phenoxy) is 1. The van der Waals surface area contributed by atoms with Gasteiger partial charge in [0.05, 0.1) is 29.8 Å². The summed E-state index contributed by atoms with van der Waals surface area (Å²) in [6, 6.07) is 8.97. The number of carboxylic acids is 1. The molecule has 31 heavy (non-hydrogen) atoms. The molecule has 1 aliphatic rings. The van der Waals surface area contributed by atoms with Gasteiger partial charge < -0.3 is 14.3 Å². The largest absolute Gasteiger partial charge is 0.496 e. The third-order valence-corrected chi connectivity index (χ3v) is 7.07. The molecule has 164 valence electrons. The van der Waals surface area contributed by atoms with Crippen LogP contribution in [0.3, 0.4) is 0 Å². The number of thioether (sulfide) groups is 1. The smallest absolute Gasteiger partial charge is 0.303 e. The average molecular weight is 480 g/mol. The Morgan fingerprint density at radius 3 is 2.84 bits per heavy atom. The molecular weight excluding hydrogens is 458 g/mol. The van der Waals surface area contributed by atoms with Crippen molar-refractivity contribution in [3.8, 4) is 5.75 Å². The van der Waals surface area contributed by atoms with E-state index in [0.717, 1.165) is 11.1 Å². The van der Waals surface area contributed by atoms with E-state index in [4.69, 9.17) is 26.5 Å². The first-order valence-electron chi connectivity index (χ1n) is 9.39. The van der Waals surface area contributed by atoms with E-state index in [0.29, 0.717) is 32.9 Å². The van der Waals surface area contributed by atoms with Gasteiger partial charge in [0.15, 0.2) is 0 Å². The van der Waals surface area contributed by atoms with Crippen LogP contribution in [0.15, 0.2) is 45.9 Å². The summed E-state index contributed by atoms with van der Waals surface area (Å²) in [5, 5.41) is 8.78. The molecule has 1 N–H and O–H groups in total. The highest BCUT2D eigenvalue weighted by atomic mass is 32.2. The molecule has 1 fully saturated rings. The highest BCUT2D eigenvalue weighted by Crippen LogP contribution is 2.33. The molecule has 0 saturated carbocycles. The Bertz CT molecular complexity index is 1030. The summed E-state index contributed by atoms with van der Waals surface area (Å²) in [5.41, 5.74) is 1.52. The number of thiocarbonyl (C=S) groups is 1. The van der Waals surface area contributed by atoms with Crippen molar-refractivity contribution in [3.05, 3.63) is 58.4 Å². The summed E-state index contributed by atoms with van der Waals surface area (Å²) in [7, 11) is 0.358. The van der Waals surface area contributed by atoms with Crippen molar-refractivity contribution in [2.75, 3.05) is 13.7 Å². The number of nitrogens with zero attached hydrogens (tertiary/aromatic N) is 1. The lowest BCUT2D eigenvalue weighted by Crippen LogP contribution is -2.29. The van der Waals surface area contributed by atoms with Gasteiger partial charge in [-0.15, -0.1) is 0 Å². The molecule has 1 aromatic heterocycles. The van der Waals surface area contributed by atoms with Crippen LogP contribution in [0.5, 0.6) is 5.75 Å². The minimum absolute atomic E-state index is 0.0207. The topological polar surface area (TPSA) is 97.0 Å². The second-order valence-corrected chi connectivity index (χ2v) is 9.84. The van der Waals surface area contributed by atoms with E-state index in [9.17, 15) is 13.8 Å². The van der Waals surface area contributed by atoms with Crippen LogP contribution in [0.1, 0.15) is 29.7 Å². The van der Waals surface area contributed by atoms with Gasteiger partial charge in [-0.25, -0.2) is 0 Å². The molecule has 1 saturated heterocycles. The fourth-order valence-corrected chi connectivity index (χ4v) is 5.48. The number of carbonyl (C=O) groups excluding carboxylic acids is 1. The molecule has 10 heteroatoms. The average Bonchev–Trinajstić information content (AvgIpc) is 3.31. The Kier molecular flexibility index (Phi) is 8.05. The van der Waals surface area contributed by atoms with Gasteiger partial charge in [-0.05, 0) is 42.3 Å². The zero-order valence-electron chi connectivity index (χ0n) is 16.7. The van der Waals surface area contributed by atoms with Crippen LogP contribution in [-0.4, -0.2) is 44.1 Å². The highest BCUT2D eigenvalue weighted by molar-refractivity contribution is 8.26. The Balaban J connectivity index is 1.73. The van der Waals surface area contributed by atoms with Gasteiger partial charge in [-0.2, -0.15) is 0 Å². The van der Waals surface area contributed by atoms with Gasteiger partial charge >= 0.3 is 5.97 Å². The van der Waals surface area contributed by atoms with Crippen molar-refractivity contribution in [2.24, 2.45) is 0 Å². The van der Waals surface area contributed by atoms with E-state index >= 15 is 0 Å². The number of hydrogen-bond donors (Lipinski definition) is 1. The molecule has 2 aromatic rings. The predicted molar refractivity (Wildman–Crippen MR) is 124 cm³/mol. The number of hydrogen-bond acceptors (Lipinski definition) is 7. The molecule has 1 aromatic carbocycles. The molecule has 0 bridgehead atoms. The van der Waals surface area contributed by atoms with E-state index < -0.39 is 16.8 Å². The van der Waals surface area contributed by atoms with Crippen LogP contribution in [0, 0.1) is 0 Å². The second kappa shape index (κ2) is 10.7. The molecular formula is C21H21NO6S3. The highest BCUT2D eigenvalue weighted by Gasteiger charge is 2.31. The molecule has 2 heterocycles. The quantitative estimate of drug-likeness (QED) is 0.406. The molecule has 1 unspecified atom stereocenters. The number of aliphatic carboxylic acids is 1. The molecule has 1 aliphatic heterocycles. The number of carbonyl (C=O) groups is 2. The molecule has 0 radical (unpaired) electrons. The molecule has 0 aliphatic carbocycles. The maximum atomic E-state index is 12.7. The molecule has 1 amide bonds. The third kappa shape index (κ3) is 6.28. The summed E-state index contributed by atoms with van der Waals surface area (Å²) < 4.78 is 23.6. The number of methoxy groups -OCH3 is 1. The standard InChI is InChI=1S/C21H21NO6S3/c1-27-17-7-6-14(10-15(17)12-31(26)13-16-4-3-9-28-16)11-18-20(25)22(21(29)30-18)8-2-5-19(23)24/h3-4,6-7,9-11H,2,5,8,12-13H2,1H3,(H,23,24). The van der Waals surface area contributed by atoms with Gasteiger partial charge in [0.1, 0.15) is 15.8 Å². The van der Waals surface area contributed by atoms with Crippen molar-refractivity contribution in [2.45, 2.75) is 24.3 Å². The lowest BCUT2D eigenvalue weighted by molar-refractivity contribution is -0.137.